The lowest BCUT2D eigenvalue weighted by Gasteiger charge is -2.18. The van der Waals surface area contributed by atoms with Gasteiger partial charge < -0.3 is 20.1 Å². The van der Waals surface area contributed by atoms with E-state index in [9.17, 15) is 4.79 Å². The van der Waals surface area contributed by atoms with E-state index in [1.54, 1.807) is 25.6 Å². The third-order valence-corrected chi connectivity index (χ3v) is 4.68. The maximum Gasteiger partial charge on any atom is 0.242 e. The first kappa shape index (κ1) is 18.1. The van der Waals surface area contributed by atoms with Gasteiger partial charge >= 0.3 is 0 Å². The normalized spacial score (nSPS) is 11.7. The van der Waals surface area contributed by atoms with Gasteiger partial charge in [0.2, 0.25) is 5.91 Å². The molecule has 0 bridgehead atoms. The number of rotatable bonds is 8. The summed E-state index contributed by atoms with van der Waals surface area (Å²) in [5.74, 6) is 1.28. The molecule has 0 saturated carbocycles. The van der Waals surface area contributed by atoms with E-state index in [1.165, 1.54) is 4.88 Å². The molecule has 0 aliphatic rings. The van der Waals surface area contributed by atoms with Gasteiger partial charge in [-0.3, -0.25) is 4.79 Å². The summed E-state index contributed by atoms with van der Waals surface area (Å²) in [6, 6.07) is 7.49. The van der Waals surface area contributed by atoms with E-state index < -0.39 is 0 Å². The van der Waals surface area contributed by atoms with E-state index in [-0.39, 0.29) is 11.9 Å². The highest BCUT2D eigenvalue weighted by molar-refractivity contribution is 7.09. The fraction of sp³-hybridized carbons (Fsp3) is 0.389. The topological polar surface area (TPSA) is 59.6 Å². The van der Waals surface area contributed by atoms with Gasteiger partial charge in [0.25, 0.3) is 0 Å². The third kappa shape index (κ3) is 4.64. The van der Waals surface area contributed by atoms with Crippen molar-refractivity contribution in [2.24, 2.45) is 0 Å². The minimum absolute atomic E-state index is 0.0271. The van der Waals surface area contributed by atoms with E-state index in [1.807, 2.05) is 37.4 Å². The minimum Gasteiger partial charge on any atom is -0.493 e. The molecule has 0 fully saturated rings. The Morgan fingerprint density at radius 2 is 1.96 bits per heavy atom. The van der Waals surface area contributed by atoms with E-state index in [4.69, 9.17) is 9.47 Å². The van der Waals surface area contributed by atoms with Crippen molar-refractivity contribution in [3.63, 3.8) is 0 Å². The van der Waals surface area contributed by atoms with Gasteiger partial charge in [0.05, 0.1) is 14.2 Å². The minimum atomic E-state index is -0.342. The van der Waals surface area contributed by atoms with Gasteiger partial charge in [0, 0.05) is 23.2 Å². The van der Waals surface area contributed by atoms with Gasteiger partial charge in [-0.1, -0.05) is 6.07 Å². The van der Waals surface area contributed by atoms with Crippen molar-refractivity contribution in [2.45, 2.75) is 26.3 Å². The predicted molar refractivity (Wildman–Crippen MR) is 98.4 cm³/mol. The fourth-order valence-corrected chi connectivity index (χ4v) is 3.06. The number of hydrogen-bond acceptors (Lipinski definition) is 5. The van der Waals surface area contributed by atoms with E-state index >= 15 is 0 Å². The molecule has 2 N–H and O–H groups in total. The zero-order valence-corrected chi connectivity index (χ0v) is 15.3. The first-order valence-corrected chi connectivity index (χ1v) is 8.72. The Bertz CT molecular complexity index is 671. The number of ether oxygens (including phenoxy) is 2. The number of thiophene rings is 1. The smallest absolute Gasteiger partial charge is 0.242 e. The van der Waals surface area contributed by atoms with Crippen LogP contribution in [0.3, 0.4) is 0 Å². The zero-order chi connectivity index (χ0) is 17.5. The summed E-state index contributed by atoms with van der Waals surface area (Å²) in [5.41, 5.74) is 1.85. The second-order valence-electron chi connectivity index (χ2n) is 5.51. The number of benzene rings is 1. The first-order chi connectivity index (χ1) is 11.5. The molecule has 0 aliphatic carbocycles. The van der Waals surface area contributed by atoms with Crippen LogP contribution in [-0.2, 0) is 11.2 Å². The predicted octanol–water partition coefficient (Wildman–Crippen LogP) is 3.23. The Labute approximate surface area is 147 Å². The van der Waals surface area contributed by atoms with E-state index in [2.05, 4.69) is 16.7 Å². The summed E-state index contributed by atoms with van der Waals surface area (Å²) in [4.78, 5) is 13.5. The lowest BCUT2D eigenvalue weighted by atomic mass is 10.1. The molecule has 24 heavy (non-hydrogen) atoms. The molecule has 0 radical (unpaired) electrons. The molecule has 1 amide bonds. The van der Waals surface area contributed by atoms with Gasteiger partial charge in [-0.2, -0.15) is 0 Å². The van der Waals surface area contributed by atoms with Crippen LogP contribution in [0.15, 0.2) is 29.6 Å². The van der Waals surface area contributed by atoms with Crippen molar-refractivity contribution in [1.29, 1.82) is 0 Å². The van der Waals surface area contributed by atoms with Crippen molar-refractivity contribution in [3.05, 3.63) is 40.1 Å². The lowest BCUT2D eigenvalue weighted by Crippen LogP contribution is -2.38. The molecule has 0 spiro atoms. The van der Waals surface area contributed by atoms with Crippen LogP contribution in [0.2, 0.25) is 0 Å². The molecule has 0 aliphatic heterocycles. The summed E-state index contributed by atoms with van der Waals surface area (Å²) < 4.78 is 10.6. The molecule has 130 valence electrons. The maximum atomic E-state index is 12.2. The average Bonchev–Trinajstić information content (AvgIpc) is 3.09. The van der Waals surface area contributed by atoms with Crippen LogP contribution in [0, 0.1) is 6.92 Å². The van der Waals surface area contributed by atoms with E-state index in [0.29, 0.717) is 18.0 Å². The highest BCUT2D eigenvalue weighted by atomic mass is 32.1. The highest BCUT2D eigenvalue weighted by Crippen LogP contribution is 2.33. The average molecular weight is 348 g/mol. The van der Waals surface area contributed by atoms with Gasteiger partial charge in [0.15, 0.2) is 11.5 Å². The Kier molecular flexibility index (Phi) is 6.49. The number of carbonyl (C=O) groups is 1. The third-order valence-electron chi connectivity index (χ3n) is 3.75. The van der Waals surface area contributed by atoms with Crippen molar-refractivity contribution in [2.75, 3.05) is 26.1 Å². The molecule has 1 atom stereocenters. The van der Waals surface area contributed by atoms with Crippen LogP contribution >= 0.6 is 11.3 Å². The Balaban J connectivity index is 1.93. The monoisotopic (exact) mass is 348 g/mol. The molecule has 0 unspecified atom stereocenters. The molecular formula is C18H24N2O3S. The summed E-state index contributed by atoms with van der Waals surface area (Å²) in [7, 11) is 3.20. The highest BCUT2D eigenvalue weighted by Gasteiger charge is 2.15. The summed E-state index contributed by atoms with van der Waals surface area (Å²) in [6.45, 7) is 4.44. The fourth-order valence-electron chi connectivity index (χ4n) is 2.35. The number of carbonyl (C=O) groups excluding carboxylic acids is 1. The van der Waals surface area contributed by atoms with Crippen LogP contribution in [0.25, 0.3) is 0 Å². The van der Waals surface area contributed by atoms with Crippen LogP contribution in [0.4, 0.5) is 5.69 Å². The molecule has 2 aromatic rings. The van der Waals surface area contributed by atoms with Gasteiger partial charge in [-0.25, -0.2) is 0 Å². The van der Waals surface area contributed by atoms with Crippen molar-refractivity contribution >= 4 is 22.9 Å². The largest absolute Gasteiger partial charge is 0.493 e. The molecule has 2 rings (SSSR count). The van der Waals surface area contributed by atoms with Gasteiger partial charge in [-0.05, 0) is 43.3 Å². The summed E-state index contributed by atoms with van der Waals surface area (Å²) in [6.07, 6.45) is 0.853. The summed E-state index contributed by atoms with van der Waals surface area (Å²) in [5, 5.41) is 8.24. The Morgan fingerprint density at radius 1 is 1.25 bits per heavy atom. The van der Waals surface area contributed by atoms with Crippen LogP contribution < -0.4 is 20.1 Å². The zero-order valence-electron chi connectivity index (χ0n) is 14.5. The second-order valence-corrected chi connectivity index (χ2v) is 6.54. The number of aryl methyl sites for hydroxylation is 1. The number of anilines is 1. The quantitative estimate of drug-likeness (QED) is 0.769. The van der Waals surface area contributed by atoms with Gasteiger partial charge in [-0.15, -0.1) is 11.3 Å². The molecule has 6 heteroatoms. The van der Waals surface area contributed by atoms with Gasteiger partial charge in [0.1, 0.15) is 6.04 Å². The number of methoxy groups -OCH3 is 2. The van der Waals surface area contributed by atoms with Crippen molar-refractivity contribution in [3.8, 4) is 11.5 Å². The Morgan fingerprint density at radius 3 is 2.58 bits per heavy atom. The molecule has 1 aromatic carbocycles. The SMILES string of the molecule is COc1cc(C)c(N[C@@H](C)C(=O)NCCc2cccs2)cc1OC. The maximum absolute atomic E-state index is 12.2. The molecular weight excluding hydrogens is 324 g/mol. The molecule has 0 saturated heterocycles. The molecule has 1 aromatic heterocycles. The Hall–Kier alpha value is -2.21. The first-order valence-electron chi connectivity index (χ1n) is 7.84. The second kappa shape index (κ2) is 8.59. The van der Waals surface area contributed by atoms with E-state index in [0.717, 1.165) is 17.7 Å². The van der Waals surface area contributed by atoms with Crippen LogP contribution in [-0.4, -0.2) is 32.7 Å². The lowest BCUT2D eigenvalue weighted by molar-refractivity contribution is -0.121. The van der Waals surface area contributed by atoms with Crippen molar-refractivity contribution in [1.82, 2.24) is 5.32 Å². The number of hydrogen-bond donors (Lipinski definition) is 2. The van der Waals surface area contributed by atoms with Crippen molar-refractivity contribution < 1.29 is 14.3 Å². The molecule has 5 nitrogen and oxygen atoms in total. The molecule has 1 heterocycles. The standard InChI is InChI=1S/C18H24N2O3S/c1-12-10-16(22-3)17(23-4)11-15(12)20-13(2)18(21)19-8-7-14-6-5-9-24-14/h5-6,9-11,13,20H,7-8H2,1-4H3,(H,19,21)/t13-/m0/s1. The summed E-state index contributed by atoms with van der Waals surface area (Å²) >= 11 is 1.70. The van der Waals surface area contributed by atoms with Crippen LogP contribution in [0.5, 0.6) is 11.5 Å². The number of amides is 1. The number of nitrogens with one attached hydrogen (secondary N) is 2. The van der Waals surface area contributed by atoms with Crippen LogP contribution in [0.1, 0.15) is 17.4 Å².